The highest BCUT2D eigenvalue weighted by molar-refractivity contribution is 5.87. The quantitative estimate of drug-likeness (QED) is 0.397. The number of rotatable bonds is 4. The largest absolute Gasteiger partial charge is 0.513 e. The van der Waals surface area contributed by atoms with Gasteiger partial charge in [0, 0.05) is 0 Å². The van der Waals surface area contributed by atoms with Gasteiger partial charge in [-0.05, 0) is 31.2 Å². The molecule has 8 heteroatoms. The molecule has 0 bridgehead atoms. The molecule has 0 spiro atoms. The number of ether oxygens (including phenoxy) is 1. The van der Waals surface area contributed by atoms with Gasteiger partial charge in [0.1, 0.15) is 6.26 Å². The van der Waals surface area contributed by atoms with Crippen molar-refractivity contribution in [1.29, 1.82) is 0 Å². The number of esters is 1. The van der Waals surface area contributed by atoms with Gasteiger partial charge in [0.05, 0.1) is 17.9 Å². The van der Waals surface area contributed by atoms with Gasteiger partial charge < -0.3 is 9.84 Å². The summed E-state index contributed by atoms with van der Waals surface area (Å²) < 4.78 is 41.5. The molecule has 20 heavy (non-hydrogen) atoms. The Morgan fingerprint density at radius 3 is 2.40 bits per heavy atom. The van der Waals surface area contributed by atoms with E-state index in [0.717, 1.165) is 24.3 Å². The zero-order valence-corrected chi connectivity index (χ0v) is 10.4. The molecule has 0 amide bonds. The normalized spacial score (nSPS) is 12.7. The second kappa shape index (κ2) is 6.69. The fraction of sp³-hybridized carbons (Fsp3) is 0.250. The van der Waals surface area contributed by atoms with Crippen molar-refractivity contribution in [2.45, 2.75) is 13.1 Å². The molecule has 0 aromatic heterocycles. The molecule has 1 aromatic carbocycles. The fourth-order valence-electron chi connectivity index (χ4n) is 1.15. The minimum atomic E-state index is -4.43. The van der Waals surface area contributed by atoms with Crippen LogP contribution in [0.2, 0.25) is 0 Å². The van der Waals surface area contributed by atoms with Gasteiger partial charge in [-0.15, -0.1) is 5.11 Å². The van der Waals surface area contributed by atoms with Gasteiger partial charge in [0.25, 0.3) is 0 Å². The summed E-state index contributed by atoms with van der Waals surface area (Å²) in [6.07, 6.45) is -4.03. The average Bonchev–Trinajstić information content (AvgIpc) is 2.39. The second-order valence-electron chi connectivity index (χ2n) is 3.48. The van der Waals surface area contributed by atoms with Crippen LogP contribution in [0.15, 0.2) is 46.5 Å². The summed E-state index contributed by atoms with van der Waals surface area (Å²) in [6, 6.07) is 3.85. The molecule has 1 N–H and O–H groups in total. The Bertz CT molecular complexity index is 522. The first-order valence-electron chi connectivity index (χ1n) is 5.49. The van der Waals surface area contributed by atoms with Crippen molar-refractivity contribution < 1.29 is 27.8 Å². The van der Waals surface area contributed by atoms with E-state index in [9.17, 15) is 18.0 Å². The summed E-state index contributed by atoms with van der Waals surface area (Å²) >= 11 is 0. The van der Waals surface area contributed by atoms with E-state index in [-0.39, 0.29) is 12.3 Å². The van der Waals surface area contributed by atoms with E-state index < -0.39 is 23.4 Å². The Morgan fingerprint density at radius 2 is 1.95 bits per heavy atom. The van der Waals surface area contributed by atoms with Crippen molar-refractivity contribution in [2.24, 2.45) is 10.2 Å². The summed E-state index contributed by atoms with van der Waals surface area (Å²) in [5, 5.41) is 15.7. The molecule has 0 radical (unpaired) electrons. The van der Waals surface area contributed by atoms with Crippen LogP contribution in [0.5, 0.6) is 0 Å². The highest BCUT2D eigenvalue weighted by Crippen LogP contribution is 2.30. The van der Waals surface area contributed by atoms with E-state index in [0.29, 0.717) is 6.26 Å². The SMILES string of the molecule is CCOC(=O)C(=CO)N=Nc1ccc(C(F)(F)F)cc1. The number of benzene rings is 1. The number of aliphatic hydroxyl groups excluding tert-OH is 1. The number of aliphatic hydroxyl groups is 1. The Labute approximate surface area is 112 Å². The molecule has 5 nitrogen and oxygen atoms in total. The van der Waals surface area contributed by atoms with Gasteiger partial charge in [-0.1, -0.05) is 0 Å². The summed E-state index contributed by atoms with van der Waals surface area (Å²) in [5.74, 6) is -0.884. The van der Waals surface area contributed by atoms with Gasteiger partial charge >= 0.3 is 12.1 Å². The monoisotopic (exact) mass is 288 g/mol. The summed E-state index contributed by atoms with van der Waals surface area (Å²) in [6.45, 7) is 1.66. The second-order valence-corrected chi connectivity index (χ2v) is 3.48. The van der Waals surface area contributed by atoms with E-state index in [1.807, 2.05) is 0 Å². The van der Waals surface area contributed by atoms with Crippen molar-refractivity contribution in [3.8, 4) is 0 Å². The van der Waals surface area contributed by atoms with Crippen molar-refractivity contribution in [2.75, 3.05) is 6.61 Å². The molecule has 0 saturated heterocycles. The number of alkyl halides is 3. The first-order valence-corrected chi connectivity index (χ1v) is 5.49. The predicted octanol–water partition coefficient (Wildman–Crippen LogP) is 3.75. The number of hydrogen-bond donors (Lipinski definition) is 1. The molecule has 0 unspecified atom stereocenters. The van der Waals surface area contributed by atoms with Gasteiger partial charge in [0.2, 0.25) is 5.70 Å². The van der Waals surface area contributed by atoms with Crippen molar-refractivity contribution in [3.63, 3.8) is 0 Å². The molecule has 1 rings (SSSR count). The lowest BCUT2D eigenvalue weighted by molar-refractivity contribution is -0.139. The van der Waals surface area contributed by atoms with E-state index in [1.54, 1.807) is 6.92 Å². The van der Waals surface area contributed by atoms with Gasteiger partial charge in [-0.3, -0.25) is 0 Å². The maximum Gasteiger partial charge on any atom is 0.416 e. The molecule has 0 fully saturated rings. The van der Waals surface area contributed by atoms with Crippen molar-refractivity contribution >= 4 is 11.7 Å². The third-order valence-electron chi connectivity index (χ3n) is 2.07. The Balaban J connectivity index is 2.82. The number of nitrogens with zero attached hydrogens (tertiary/aromatic N) is 2. The zero-order chi connectivity index (χ0) is 15.2. The Kier molecular flexibility index (Phi) is 5.24. The highest BCUT2D eigenvalue weighted by atomic mass is 19.4. The van der Waals surface area contributed by atoms with E-state index in [2.05, 4.69) is 15.0 Å². The molecule has 0 heterocycles. The van der Waals surface area contributed by atoms with Gasteiger partial charge in [-0.2, -0.15) is 18.3 Å². The molecule has 0 atom stereocenters. The van der Waals surface area contributed by atoms with Crippen LogP contribution in [0.3, 0.4) is 0 Å². The Hall–Kier alpha value is -2.38. The third kappa shape index (κ3) is 4.38. The lowest BCUT2D eigenvalue weighted by atomic mass is 10.2. The topological polar surface area (TPSA) is 71.2 Å². The van der Waals surface area contributed by atoms with Crippen LogP contribution >= 0.6 is 0 Å². The standard InChI is InChI=1S/C12H11F3N2O3/c1-2-20-11(19)10(7-18)17-16-9-5-3-8(4-6-9)12(13,14)15/h3-7,18H,2H2,1H3. The smallest absolute Gasteiger partial charge is 0.416 e. The molecule has 0 saturated carbocycles. The number of carbonyl (C=O) groups excluding carboxylic acids is 1. The summed E-state index contributed by atoms with van der Waals surface area (Å²) in [5.41, 5.74) is -1.17. The van der Waals surface area contributed by atoms with Crippen LogP contribution in [0.4, 0.5) is 18.9 Å². The summed E-state index contributed by atoms with van der Waals surface area (Å²) in [7, 11) is 0. The predicted molar refractivity (Wildman–Crippen MR) is 63.3 cm³/mol. The first-order chi connectivity index (χ1) is 9.38. The highest BCUT2D eigenvalue weighted by Gasteiger charge is 2.29. The van der Waals surface area contributed by atoms with Crippen LogP contribution in [0, 0.1) is 0 Å². The average molecular weight is 288 g/mol. The molecule has 0 aliphatic rings. The maximum absolute atomic E-state index is 12.3. The van der Waals surface area contributed by atoms with Crippen molar-refractivity contribution in [1.82, 2.24) is 0 Å². The van der Waals surface area contributed by atoms with E-state index >= 15 is 0 Å². The van der Waals surface area contributed by atoms with Gasteiger partial charge in [0.15, 0.2) is 0 Å². The third-order valence-corrected chi connectivity index (χ3v) is 2.07. The number of halogens is 3. The van der Waals surface area contributed by atoms with Crippen molar-refractivity contribution in [3.05, 3.63) is 41.8 Å². The number of azo groups is 1. The Morgan fingerprint density at radius 1 is 1.35 bits per heavy atom. The summed E-state index contributed by atoms with van der Waals surface area (Å²) in [4.78, 5) is 11.2. The van der Waals surface area contributed by atoms with Crippen LogP contribution in [0.1, 0.15) is 12.5 Å². The molecular formula is C12H11F3N2O3. The minimum absolute atomic E-state index is 0.0893. The molecule has 1 aromatic rings. The van der Waals surface area contributed by atoms with Crippen LogP contribution in [-0.2, 0) is 15.7 Å². The molecule has 0 aliphatic heterocycles. The van der Waals surface area contributed by atoms with Gasteiger partial charge in [-0.25, -0.2) is 4.79 Å². The lowest BCUT2D eigenvalue weighted by Gasteiger charge is -2.05. The maximum atomic E-state index is 12.3. The van der Waals surface area contributed by atoms with Crippen LogP contribution in [0.25, 0.3) is 0 Å². The fourth-order valence-corrected chi connectivity index (χ4v) is 1.15. The molecule has 108 valence electrons. The zero-order valence-electron chi connectivity index (χ0n) is 10.4. The van der Waals surface area contributed by atoms with E-state index in [1.165, 1.54) is 0 Å². The number of carbonyl (C=O) groups is 1. The van der Waals surface area contributed by atoms with Crippen LogP contribution < -0.4 is 0 Å². The lowest BCUT2D eigenvalue weighted by Crippen LogP contribution is -2.05. The minimum Gasteiger partial charge on any atom is -0.513 e. The van der Waals surface area contributed by atoms with Crippen LogP contribution in [-0.4, -0.2) is 17.7 Å². The molecule has 0 aliphatic carbocycles. The molecular weight excluding hydrogens is 277 g/mol. The van der Waals surface area contributed by atoms with E-state index in [4.69, 9.17) is 5.11 Å². The number of hydrogen-bond acceptors (Lipinski definition) is 5. The first kappa shape index (κ1) is 15.7.